The molecule has 0 amide bonds. The standard InChI is InChI=1S/C14H24O/c1-10-5-4-8-14(3)12(10)6-7-13(14)11(2)9-15/h11-13,15H,1,4-9H2,2-3H3/t11-,12?,13+,14-/m0/s1. The molecule has 2 fully saturated rings. The third-order valence-corrected chi connectivity index (χ3v) is 5.09. The van der Waals surface area contributed by atoms with Crippen LogP contribution in [0.5, 0.6) is 0 Å². The van der Waals surface area contributed by atoms with E-state index in [0.29, 0.717) is 23.9 Å². The van der Waals surface area contributed by atoms with Crippen LogP contribution >= 0.6 is 0 Å². The van der Waals surface area contributed by atoms with Crippen molar-refractivity contribution in [1.29, 1.82) is 0 Å². The van der Waals surface area contributed by atoms with Gasteiger partial charge < -0.3 is 5.11 Å². The van der Waals surface area contributed by atoms with Gasteiger partial charge in [0.2, 0.25) is 0 Å². The quantitative estimate of drug-likeness (QED) is 0.690. The van der Waals surface area contributed by atoms with Crippen LogP contribution in [0.4, 0.5) is 0 Å². The van der Waals surface area contributed by atoms with E-state index in [-0.39, 0.29) is 0 Å². The summed E-state index contributed by atoms with van der Waals surface area (Å²) in [5.41, 5.74) is 1.92. The van der Waals surface area contributed by atoms with Gasteiger partial charge in [0.15, 0.2) is 0 Å². The molecule has 1 heteroatoms. The SMILES string of the molecule is C=C1CCC[C@@]2(C)C1CC[C@@H]2[C@@H](C)CO. The van der Waals surface area contributed by atoms with Crippen LogP contribution in [0.3, 0.4) is 0 Å². The van der Waals surface area contributed by atoms with Crippen LogP contribution in [0.2, 0.25) is 0 Å². The molecule has 0 spiro atoms. The van der Waals surface area contributed by atoms with Crippen LogP contribution in [0.1, 0.15) is 46.0 Å². The predicted molar refractivity (Wildman–Crippen MR) is 63.6 cm³/mol. The molecule has 0 bridgehead atoms. The van der Waals surface area contributed by atoms with Gasteiger partial charge in [0, 0.05) is 6.61 Å². The van der Waals surface area contributed by atoms with Crippen LogP contribution < -0.4 is 0 Å². The molecule has 0 aliphatic heterocycles. The van der Waals surface area contributed by atoms with Crippen molar-refractivity contribution < 1.29 is 5.11 Å². The van der Waals surface area contributed by atoms with Gasteiger partial charge in [-0.05, 0) is 55.3 Å². The molecule has 2 aliphatic rings. The Morgan fingerprint density at radius 1 is 1.53 bits per heavy atom. The first-order valence-electron chi connectivity index (χ1n) is 6.38. The maximum absolute atomic E-state index is 9.34. The fraction of sp³-hybridized carbons (Fsp3) is 0.857. The van der Waals surface area contributed by atoms with Crippen molar-refractivity contribution in [1.82, 2.24) is 0 Å². The van der Waals surface area contributed by atoms with Gasteiger partial charge in [0.05, 0.1) is 0 Å². The summed E-state index contributed by atoms with van der Waals surface area (Å²) in [6.07, 6.45) is 6.49. The van der Waals surface area contributed by atoms with Crippen molar-refractivity contribution in [3.63, 3.8) is 0 Å². The van der Waals surface area contributed by atoms with Crippen molar-refractivity contribution in [3.8, 4) is 0 Å². The molecule has 15 heavy (non-hydrogen) atoms. The number of aliphatic hydroxyl groups excluding tert-OH is 1. The summed E-state index contributed by atoms with van der Waals surface area (Å²) in [6, 6.07) is 0. The van der Waals surface area contributed by atoms with Crippen molar-refractivity contribution in [2.45, 2.75) is 46.0 Å². The Kier molecular flexibility index (Phi) is 2.94. The second-order valence-corrected chi connectivity index (χ2v) is 5.91. The molecular weight excluding hydrogens is 184 g/mol. The van der Waals surface area contributed by atoms with Gasteiger partial charge in [-0.1, -0.05) is 26.0 Å². The number of rotatable bonds is 2. The van der Waals surface area contributed by atoms with E-state index >= 15 is 0 Å². The van der Waals surface area contributed by atoms with Gasteiger partial charge in [-0.3, -0.25) is 0 Å². The number of fused-ring (bicyclic) bond motifs is 1. The minimum atomic E-state index is 0.347. The number of hydrogen-bond acceptors (Lipinski definition) is 1. The van der Waals surface area contributed by atoms with Crippen LogP contribution in [-0.2, 0) is 0 Å². The van der Waals surface area contributed by atoms with Crippen LogP contribution in [-0.4, -0.2) is 11.7 Å². The number of allylic oxidation sites excluding steroid dienone is 1. The Labute approximate surface area is 93.6 Å². The van der Waals surface area contributed by atoms with Gasteiger partial charge in [-0.15, -0.1) is 0 Å². The summed E-state index contributed by atoms with van der Waals surface area (Å²) in [5, 5.41) is 9.34. The maximum atomic E-state index is 9.34. The fourth-order valence-corrected chi connectivity index (χ4v) is 4.23. The third-order valence-electron chi connectivity index (χ3n) is 5.09. The van der Waals surface area contributed by atoms with Crippen molar-refractivity contribution in [3.05, 3.63) is 12.2 Å². The molecule has 0 radical (unpaired) electrons. The Morgan fingerprint density at radius 2 is 2.27 bits per heavy atom. The Balaban J connectivity index is 2.21. The van der Waals surface area contributed by atoms with E-state index in [2.05, 4.69) is 20.4 Å². The summed E-state index contributed by atoms with van der Waals surface area (Å²) < 4.78 is 0. The number of hydrogen-bond donors (Lipinski definition) is 1. The predicted octanol–water partition coefficient (Wildman–Crippen LogP) is 3.39. The third kappa shape index (κ3) is 1.65. The lowest BCUT2D eigenvalue weighted by atomic mass is 9.61. The molecule has 2 saturated carbocycles. The number of aliphatic hydroxyl groups is 1. The van der Waals surface area contributed by atoms with E-state index in [9.17, 15) is 5.11 Å². The molecule has 86 valence electrons. The molecule has 2 aliphatic carbocycles. The molecule has 0 aromatic carbocycles. The lowest BCUT2D eigenvalue weighted by Gasteiger charge is -2.43. The zero-order chi connectivity index (χ0) is 11.1. The lowest BCUT2D eigenvalue weighted by Crippen LogP contribution is -2.36. The van der Waals surface area contributed by atoms with Gasteiger partial charge in [-0.25, -0.2) is 0 Å². The second kappa shape index (κ2) is 3.93. The largest absolute Gasteiger partial charge is 0.396 e. The zero-order valence-electron chi connectivity index (χ0n) is 10.1. The van der Waals surface area contributed by atoms with E-state index in [4.69, 9.17) is 0 Å². The molecule has 0 aromatic rings. The first-order chi connectivity index (χ1) is 7.09. The fourth-order valence-electron chi connectivity index (χ4n) is 4.23. The van der Waals surface area contributed by atoms with Gasteiger partial charge in [0.25, 0.3) is 0 Å². The zero-order valence-corrected chi connectivity index (χ0v) is 10.1. The molecule has 1 unspecified atom stereocenters. The van der Waals surface area contributed by atoms with Crippen molar-refractivity contribution in [2.75, 3.05) is 6.61 Å². The minimum absolute atomic E-state index is 0.347. The Morgan fingerprint density at radius 3 is 2.93 bits per heavy atom. The van der Waals surface area contributed by atoms with Crippen LogP contribution in [0, 0.1) is 23.2 Å². The topological polar surface area (TPSA) is 20.2 Å². The summed E-state index contributed by atoms with van der Waals surface area (Å²) in [7, 11) is 0. The normalized spacial score (nSPS) is 42.7. The molecule has 0 aromatic heterocycles. The highest BCUT2D eigenvalue weighted by atomic mass is 16.3. The highest BCUT2D eigenvalue weighted by molar-refractivity contribution is 5.15. The monoisotopic (exact) mass is 208 g/mol. The van der Waals surface area contributed by atoms with Gasteiger partial charge in [-0.2, -0.15) is 0 Å². The Hall–Kier alpha value is -0.300. The van der Waals surface area contributed by atoms with Crippen LogP contribution in [0.25, 0.3) is 0 Å². The molecule has 2 rings (SSSR count). The van der Waals surface area contributed by atoms with E-state index in [0.717, 1.165) is 5.92 Å². The molecule has 4 atom stereocenters. The van der Waals surface area contributed by atoms with Crippen molar-refractivity contribution >= 4 is 0 Å². The van der Waals surface area contributed by atoms with Gasteiger partial charge in [0.1, 0.15) is 0 Å². The average molecular weight is 208 g/mol. The second-order valence-electron chi connectivity index (χ2n) is 5.91. The van der Waals surface area contributed by atoms with E-state index in [1.54, 1.807) is 0 Å². The smallest absolute Gasteiger partial charge is 0.0459 e. The molecule has 0 saturated heterocycles. The molecule has 1 N–H and O–H groups in total. The van der Waals surface area contributed by atoms with E-state index in [1.165, 1.54) is 37.7 Å². The van der Waals surface area contributed by atoms with E-state index < -0.39 is 0 Å². The van der Waals surface area contributed by atoms with Crippen molar-refractivity contribution in [2.24, 2.45) is 23.2 Å². The first kappa shape index (κ1) is 11.2. The highest BCUT2D eigenvalue weighted by Gasteiger charge is 2.50. The first-order valence-corrected chi connectivity index (χ1v) is 6.38. The molecule has 1 nitrogen and oxygen atoms in total. The summed E-state index contributed by atoms with van der Waals surface area (Å²) in [5.74, 6) is 1.92. The summed E-state index contributed by atoms with van der Waals surface area (Å²) >= 11 is 0. The summed E-state index contributed by atoms with van der Waals surface area (Å²) in [6.45, 7) is 9.25. The minimum Gasteiger partial charge on any atom is -0.396 e. The lowest BCUT2D eigenvalue weighted by molar-refractivity contribution is 0.0692. The highest BCUT2D eigenvalue weighted by Crippen LogP contribution is 2.58. The maximum Gasteiger partial charge on any atom is 0.0459 e. The average Bonchev–Trinajstić information content (AvgIpc) is 2.56. The Bertz CT molecular complexity index is 258. The summed E-state index contributed by atoms with van der Waals surface area (Å²) in [4.78, 5) is 0. The molecule has 0 heterocycles. The van der Waals surface area contributed by atoms with Gasteiger partial charge >= 0.3 is 0 Å². The van der Waals surface area contributed by atoms with Crippen LogP contribution in [0.15, 0.2) is 12.2 Å². The molecular formula is C14H24O. The van der Waals surface area contributed by atoms with E-state index in [1.807, 2.05) is 0 Å².